The topological polar surface area (TPSA) is 43.8 Å². The number of halogens is 2. The first kappa shape index (κ1) is 10.8. The van der Waals surface area contributed by atoms with Gasteiger partial charge < -0.3 is 10.3 Å². The Balaban J connectivity index is 2.45. The van der Waals surface area contributed by atoms with E-state index in [4.69, 9.17) is 5.73 Å². The summed E-state index contributed by atoms with van der Waals surface area (Å²) in [6, 6.07) is 3.35. The Morgan fingerprint density at radius 2 is 1.88 bits per heavy atom. The second-order valence-corrected chi connectivity index (χ2v) is 3.42. The van der Waals surface area contributed by atoms with E-state index in [-0.39, 0.29) is 0 Å². The van der Waals surface area contributed by atoms with Gasteiger partial charge >= 0.3 is 0 Å². The van der Waals surface area contributed by atoms with E-state index in [1.165, 1.54) is 18.5 Å². The number of benzene rings is 1. The molecule has 0 saturated heterocycles. The molecular weight excluding hydrogens is 212 g/mol. The number of nitrogens with zero attached hydrogens (tertiary/aromatic N) is 2. The lowest BCUT2D eigenvalue weighted by molar-refractivity contribution is 0.581. The zero-order valence-corrected chi connectivity index (χ0v) is 8.53. The van der Waals surface area contributed by atoms with E-state index in [9.17, 15) is 8.78 Å². The van der Waals surface area contributed by atoms with Crippen LogP contribution in [0.4, 0.5) is 8.78 Å². The third kappa shape index (κ3) is 2.09. The molecule has 2 aromatic rings. The van der Waals surface area contributed by atoms with Crippen molar-refractivity contribution in [3.05, 3.63) is 48.1 Å². The molecule has 1 aromatic heterocycles. The fourth-order valence-corrected chi connectivity index (χ4v) is 1.57. The zero-order valence-electron chi connectivity index (χ0n) is 8.53. The first-order valence-corrected chi connectivity index (χ1v) is 4.88. The standard InChI is InChI=1S/C11H11F2N3/c12-8-3-9(13)5-11(4-8)16-7-15-6-10(16)1-2-14/h3-7H,1-2,14H2. The zero-order chi connectivity index (χ0) is 11.5. The second kappa shape index (κ2) is 4.40. The van der Waals surface area contributed by atoms with Crippen molar-refractivity contribution in [1.82, 2.24) is 9.55 Å². The number of imidazole rings is 1. The number of rotatable bonds is 3. The Hall–Kier alpha value is -1.75. The van der Waals surface area contributed by atoms with Crippen LogP contribution in [0, 0.1) is 11.6 Å². The minimum Gasteiger partial charge on any atom is -0.330 e. The molecule has 0 bridgehead atoms. The summed E-state index contributed by atoms with van der Waals surface area (Å²) in [7, 11) is 0. The van der Waals surface area contributed by atoms with E-state index < -0.39 is 11.6 Å². The maximum absolute atomic E-state index is 13.0. The van der Waals surface area contributed by atoms with Crippen molar-refractivity contribution in [2.75, 3.05) is 6.54 Å². The Kier molecular flexibility index (Phi) is 2.96. The highest BCUT2D eigenvalue weighted by Crippen LogP contribution is 2.15. The second-order valence-electron chi connectivity index (χ2n) is 3.42. The molecule has 2 rings (SSSR count). The average molecular weight is 223 g/mol. The summed E-state index contributed by atoms with van der Waals surface area (Å²) in [5, 5.41) is 0. The molecule has 5 heteroatoms. The fourth-order valence-electron chi connectivity index (χ4n) is 1.57. The molecule has 0 spiro atoms. The molecule has 2 N–H and O–H groups in total. The van der Waals surface area contributed by atoms with Crippen LogP contribution in [0.25, 0.3) is 5.69 Å². The Labute approximate surface area is 91.5 Å². The molecule has 0 fully saturated rings. The lowest BCUT2D eigenvalue weighted by Crippen LogP contribution is -2.07. The molecular formula is C11H11F2N3. The molecule has 84 valence electrons. The van der Waals surface area contributed by atoms with Gasteiger partial charge in [-0.05, 0) is 18.7 Å². The van der Waals surface area contributed by atoms with Gasteiger partial charge in [0.15, 0.2) is 0 Å². The van der Waals surface area contributed by atoms with Crippen LogP contribution in [0.5, 0.6) is 0 Å². The highest BCUT2D eigenvalue weighted by atomic mass is 19.1. The van der Waals surface area contributed by atoms with Crippen LogP contribution < -0.4 is 5.73 Å². The Bertz CT molecular complexity index is 473. The molecule has 0 amide bonds. The largest absolute Gasteiger partial charge is 0.330 e. The van der Waals surface area contributed by atoms with Gasteiger partial charge in [0, 0.05) is 24.4 Å². The lowest BCUT2D eigenvalue weighted by atomic mass is 10.2. The minimum absolute atomic E-state index is 0.415. The van der Waals surface area contributed by atoms with Gasteiger partial charge in [-0.15, -0.1) is 0 Å². The van der Waals surface area contributed by atoms with Crippen molar-refractivity contribution in [3.63, 3.8) is 0 Å². The van der Waals surface area contributed by atoms with Gasteiger partial charge in [0.1, 0.15) is 11.6 Å². The summed E-state index contributed by atoms with van der Waals surface area (Å²) < 4.78 is 27.7. The van der Waals surface area contributed by atoms with Crippen molar-refractivity contribution < 1.29 is 8.78 Å². The fraction of sp³-hybridized carbons (Fsp3) is 0.182. The van der Waals surface area contributed by atoms with E-state index in [0.717, 1.165) is 11.8 Å². The van der Waals surface area contributed by atoms with Crippen LogP contribution >= 0.6 is 0 Å². The van der Waals surface area contributed by atoms with Gasteiger partial charge in [-0.3, -0.25) is 0 Å². The van der Waals surface area contributed by atoms with Crippen LogP contribution in [0.1, 0.15) is 5.69 Å². The number of hydrogen-bond acceptors (Lipinski definition) is 2. The van der Waals surface area contributed by atoms with Gasteiger partial charge in [0.05, 0.1) is 12.0 Å². The van der Waals surface area contributed by atoms with Crippen LogP contribution in [0.15, 0.2) is 30.7 Å². The molecule has 16 heavy (non-hydrogen) atoms. The molecule has 1 aromatic carbocycles. The lowest BCUT2D eigenvalue weighted by Gasteiger charge is -2.07. The Morgan fingerprint density at radius 3 is 2.50 bits per heavy atom. The molecule has 0 aliphatic rings. The molecule has 0 unspecified atom stereocenters. The third-order valence-corrected chi connectivity index (χ3v) is 2.24. The first-order chi connectivity index (χ1) is 7.70. The molecule has 3 nitrogen and oxygen atoms in total. The molecule has 0 saturated carbocycles. The van der Waals surface area contributed by atoms with E-state index in [0.29, 0.717) is 18.7 Å². The van der Waals surface area contributed by atoms with Gasteiger partial charge in [-0.1, -0.05) is 0 Å². The summed E-state index contributed by atoms with van der Waals surface area (Å²) in [5.41, 5.74) is 6.68. The van der Waals surface area contributed by atoms with Crippen LogP contribution in [-0.2, 0) is 6.42 Å². The predicted octanol–water partition coefficient (Wildman–Crippen LogP) is 1.65. The quantitative estimate of drug-likeness (QED) is 0.859. The van der Waals surface area contributed by atoms with Gasteiger partial charge in [-0.2, -0.15) is 0 Å². The van der Waals surface area contributed by atoms with Crippen molar-refractivity contribution in [3.8, 4) is 5.69 Å². The molecule has 1 heterocycles. The van der Waals surface area contributed by atoms with Crippen LogP contribution in [0.3, 0.4) is 0 Å². The van der Waals surface area contributed by atoms with E-state index >= 15 is 0 Å². The summed E-state index contributed by atoms with van der Waals surface area (Å²) in [6.07, 6.45) is 3.76. The normalized spacial score (nSPS) is 10.7. The SMILES string of the molecule is NCCc1cncn1-c1cc(F)cc(F)c1. The van der Waals surface area contributed by atoms with Gasteiger partial charge in [0.2, 0.25) is 0 Å². The maximum Gasteiger partial charge on any atom is 0.128 e. The number of aromatic nitrogens is 2. The predicted molar refractivity (Wildman–Crippen MR) is 56.2 cm³/mol. The summed E-state index contributed by atoms with van der Waals surface area (Å²) >= 11 is 0. The van der Waals surface area contributed by atoms with Crippen molar-refractivity contribution in [2.24, 2.45) is 5.73 Å². The summed E-state index contributed by atoms with van der Waals surface area (Å²) in [6.45, 7) is 0.462. The molecule has 0 aliphatic carbocycles. The van der Waals surface area contributed by atoms with Crippen molar-refractivity contribution >= 4 is 0 Å². The molecule has 0 atom stereocenters. The molecule has 0 aliphatic heterocycles. The highest BCUT2D eigenvalue weighted by molar-refractivity contribution is 5.34. The third-order valence-electron chi connectivity index (χ3n) is 2.24. The van der Waals surface area contributed by atoms with Crippen LogP contribution in [-0.4, -0.2) is 16.1 Å². The minimum atomic E-state index is -0.609. The van der Waals surface area contributed by atoms with E-state index in [1.54, 1.807) is 10.8 Å². The van der Waals surface area contributed by atoms with Gasteiger partial charge in [0.25, 0.3) is 0 Å². The number of hydrogen-bond donors (Lipinski definition) is 1. The van der Waals surface area contributed by atoms with Crippen molar-refractivity contribution in [2.45, 2.75) is 6.42 Å². The summed E-state index contributed by atoms with van der Waals surface area (Å²) in [4.78, 5) is 3.94. The highest BCUT2D eigenvalue weighted by Gasteiger charge is 2.06. The Morgan fingerprint density at radius 1 is 1.19 bits per heavy atom. The average Bonchev–Trinajstić information content (AvgIpc) is 2.65. The first-order valence-electron chi connectivity index (χ1n) is 4.88. The smallest absolute Gasteiger partial charge is 0.128 e. The molecule has 0 radical (unpaired) electrons. The summed E-state index contributed by atoms with van der Waals surface area (Å²) in [5.74, 6) is -1.22. The van der Waals surface area contributed by atoms with E-state index in [2.05, 4.69) is 4.98 Å². The van der Waals surface area contributed by atoms with Crippen molar-refractivity contribution in [1.29, 1.82) is 0 Å². The van der Waals surface area contributed by atoms with Crippen LogP contribution in [0.2, 0.25) is 0 Å². The van der Waals surface area contributed by atoms with Gasteiger partial charge in [-0.25, -0.2) is 13.8 Å². The monoisotopic (exact) mass is 223 g/mol. The number of nitrogens with two attached hydrogens (primary N) is 1. The van der Waals surface area contributed by atoms with E-state index in [1.807, 2.05) is 0 Å². The maximum atomic E-state index is 13.0.